The van der Waals surface area contributed by atoms with Gasteiger partial charge < -0.3 is 24.3 Å². The van der Waals surface area contributed by atoms with Crippen LogP contribution < -0.4 is 14.4 Å². The van der Waals surface area contributed by atoms with E-state index in [9.17, 15) is 9.59 Å². The van der Waals surface area contributed by atoms with Gasteiger partial charge in [0, 0.05) is 49.2 Å². The van der Waals surface area contributed by atoms with Crippen LogP contribution in [0.5, 0.6) is 11.5 Å². The fourth-order valence-electron chi connectivity index (χ4n) is 5.21. The number of likely N-dealkylation sites (tertiary alicyclic amines) is 1. The van der Waals surface area contributed by atoms with E-state index in [-0.39, 0.29) is 24.2 Å². The molecule has 3 aromatic rings. The summed E-state index contributed by atoms with van der Waals surface area (Å²) in [6.45, 7) is 1.82. The Kier molecular flexibility index (Phi) is 5.70. The molecule has 0 aliphatic carbocycles. The highest BCUT2D eigenvalue weighted by Gasteiger charge is 2.39. The van der Waals surface area contributed by atoms with Crippen LogP contribution in [0.3, 0.4) is 0 Å². The summed E-state index contributed by atoms with van der Waals surface area (Å²) in [4.78, 5) is 33.0. The van der Waals surface area contributed by atoms with Gasteiger partial charge in [-0.2, -0.15) is 0 Å². The Morgan fingerprint density at radius 3 is 2.61 bits per heavy atom. The average molecular weight is 448 g/mol. The molecule has 5 rings (SSSR count). The lowest BCUT2D eigenvalue weighted by Crippen LogP contribution is -2.42. The first-order valence-corrected chi connectivity index (χ1v) is 11.5. The van der Waals surface area contributed by atoms with Crippen molar-refractivity contribution < 1.29 is 19.1 Å². The molecule has 1 aromatic heterocycles. The van der Waals surface area contributed by atoms with E-state index in [0.717, 1.165) is 31.4 Å². The molecular weight excluding hydrogens is 418 g/mol. The van der Waals surface area contributed by atoms with Crippen molar-refractivity contribution in [2.24, 2.45) is 5.92 Å². The number of para-hydroxylation sites is 1. The third kappa shape index (κ3) is 3.92. The number of rotatable bonds is 5. The van der Waals surface area contributed by atoms with E-state index >= 15 is 0 Å². The molecule has 33 heavy (non-hydrogen) atoms. The minimum atomic E-state index is -0.325. The highest BCUT2D eigenvalue weighted by Crippen LogP contribution is 2.37. The van der Waals surface area contributed by atoms with Crippen LogP contribution >= 0.6 is 0 Å². The molecule has 2 saturated heterocycles. The van der Waals surface area contributed by atoms with Crippen molar-refractivity contribution in [3.05, 3.63) is 54.2 Å². The van der Waals surface area contributed by atoms with Crippen molar-refractivity contribution in [3.63, 3.8) is 0 Å². The zero-order valence-corrected chi connectivity index (χ0v) is 19.0. The molecule has 3 heterocycles. The Labute approximate surface area is 193 Å². The van der Waals surface area contributed by atoms with E-state index in [1.807, 2.05) is 17.0 Å². The number of fused-ring (bicyclic) bond motifs is 1. The number of hydrogen-bond donors (Lipinski definition) is 1. The Bertz CT molecular complexity index is 1180. The molecule has 2 fully saturated rings. The molecule has 0 bridgehead atoms. The van der Waals surface area contributed by atoms with Gasteiger partial charge in [0.25, 0.3) is 0 Å². The summed E-state index contributed by atoms with van der Waals surface area (Å²) in [5.41, 5.74) is 3.17. The zero-order chi connectivity index (χ0) is 22.9. The van der Waals surface area contributed by atoms with Gasteiger partial charge in [0.1, 0.15) is 11.5 Å². The van der Waals surface area contributed by atoms with Crippen LogP contribution in [0.15, 0.2) is 48.7 Å². The van der Waals surface area contributed by atoms with Gasteiger partial charge in [0.15, 0.2) is 0 Å². The number of ether oxygens (including phenoxy) is 2. The maximum atomic E-state index is 13.3. The topological polar surface area (TPSA) is 74.9 Å². The molecule has 2 aromatic carbocycles. The average Bonchev–Trinajstić information content (AvgIpc) is 3.47. The molecular formula is C26H29N3O4. The van der Waals surface area contributed by atoms with Gasteiger partial charge >= 0.3 is 0 Å². The van der Waals surface area contributed by atoms with Gasteiger partial charge in [-0.25, -0.2) is 0 Å². The smallest absolute Gasteiger partial charge is 0.228 e. The first kappa shape index (κ1) is 21.4. The third-order valence-electron chi connectivity index (χ3n) is 7.02. The molecule has 7 heteroatoms. The first-order valence-electron chi connectivity index (χ1n) is 11.5. The van der Waals surface area contributed by atoms with Gasteiger partial charge in [-0.15, -0.1) is 0 Å². The second-order valence-corrected chi connectivity index (χ2v) is 8.83. The normalized spacial score (nSPS) is 19.3. The van der Waals surface area contributed by atoms with E-state index in [1.165, 1.54) is 10.9 Å². The second-order valence-electron chi connectivity index (χ2n) is 8.83. The largest absolute Gasteiger partial charge is 0.497 e. The number of aromatic amines is 1. The standard InChI is InChI=1S/C26H29N3O4/c1-32-19-7-8-23(24(14-19)33-2)29-16-18(13-25(29)30)26(31)28-11-9-17(10-12-28)21-15-27-22-6-4-3-5-20(21)22/h3-8,14-15,17-18,27H,9-13,16H2,1-2H3/t18-/m0/s1. The molecule has 2 aliphatic heterocycles. The van der Waals surface area contributed by atoms with Gasteiger partial charge in [-0.05, 0) is 42.5 Å². The Balaban J connectivity index is 1.24. The van der Waals surface area contributed by atoms with Gasteiger partial charge in [-0.3, -0.25) is 9.59 Å². The Hall–Kier alpha value is -3.48. The summed E-state index contributed by atoms with van der Waals surface area (Å²) >= 11 is 0. The molecule has 172 valence electrons. The van der Waals surface area contributed by atoms with Gasteiger partial charge in [-0.1, -0.05) is 18.2 Å². The van der Waals surface area contributed by atoms with E-state index in [2.05, 4.69) is 29.4 Å². The Morgan fingerprint density at radius 1 is 1.06 bits per heavy atom. The maximum absolute atomic E-state index is 13.3. The molecule has 1 N–H and O–H groups in total. The summed E-state index contributed by atoms with van der Waals surface area (Å²) in [6, 6.07) is 13.7. The summed E-state index contributed by atoms with van der Waals surface area (Å²) in [6.07, 6.45) is 4.22. The third-order valence-corrected chi connectivity index (χ3v) is 7.02. The summed E-state index contributed by atoms with van der Waals surface area (Å²) < 4.78 is 10.7. The number of nitrogens with one attached hydrogen (secondary N) is 1. The highest BCUT2D eigenvalue weighted by atomic mass is 16.5. The monoisotopic (exact) mass is 447 g/mol. The number of carbonyl (C=O) groups is 2. The SMILES string of the molecule is COc1ccc(N2C[C@@H](C(=O)N3CCC(c4c[nH]c5ccccc45)CC3)CC2=O)c(OC)c1. The fraction of sp³-hybridized carbons (Fsp3) is 0.385. The minimum absolute atomic E-state index is 0.0505. The molecule has 1 atom stereocenters. The van der Waals surface area contributed by atoms with E-state index in [4.69, 9.17) is 9.47 Å². The summed E-state index contributed by atoms with van der Waals surface area (Å²) in [7, 11) is 3.16. The lowest BCUT2D eigenvalue weighted by atomic mass is 9.88. The van der Waals surface area contributed by atoms with Crippen molar-refractivity contribution in [2.75, 3.05) is 38.8 Å². The molecule has 2 aliphatic rings. The molecule has 7 nitrogen and oxygen atoms in total. The number of hydrogen-bond acceptors (Lipinski definition) is 4. The number of anilines is 1. The van der Waals surface area contributed by atoms with E-state index in [1.54, 1.807) is 31.3 Å². The number of piperidine rings is 1. The first-order chi connectivity index (χ1) is 16.1. The van der Waals surface area contributed by atoms with E-state index in [0.29, 0.717) is 29.6 Å². The van der Waals surface area contributed by atoms with Crippen molar-refractivity contribution in [2.45, 2.75) is 25.2 Å². The number of methoxy groups -OCH3 is 2. The number of amides is 2. The van der Waals surface area contributed by atoms with Gasteiger partial charge in [0.2, 0.25) is 11.8 Å². The predicted octanol–water partition coefficient (Wildman–Crippen LogP) is 3.94. The number of nitrogens with zero attached hydrogens (tertiary/aromatic N) is 2. The van der Waals surface area contributed by atoms with Crippen LogP contribution in [0.4, 0.5) is 5.69 Å². The predicted molar refractivity (Wildman–Crippen MR) is 127 cm³/mol. The number of carbonyl (C=O) groups excluding carboxylic acids is 2. The van der Waals surface area contributed by atoms with Gasteiger partial charge in [0.05, 0.1) is 25.8 Å². The summed E-state index contributed by atoms with van der Waals surface area (Å²) in [5, 5.41) is 1.27. The molecule has 0 saturated carbocycles. The number of benzene rings is 2. The van der Waals surface area contributed by atoms with Crippen molar-refractivity contribution in [1.82, 2.24) is 9.88 Å². The lowest BCUT2D eigenvalue weighted by Gasteiger charge is -2.33. The van der Waals surface area contributed by atoms with Crippen molar-refractivity contribution in [1.29, 1.82) is 0 Å². The van der Waals surface area contributed by atoms with Crippen LogP contribution in [-0.4, -0.2) is 55.6 Å². The Morgan fingerprint density at radius 2 is 1.85 bits per heavy atom. The maximum Gasteiger partial charge on any atom is 0.228 e. The van der Waals surface area contributed by atoms with Crippen molar-refractivity contribution >= 4 is 28.4 Å². The van der Waals surface area contributed by atoms with E-state index < -0.39 is 0 Å². The number of H-pyrrole nitrogens is 1. The van der Waals surface area contributed by atoms with Crippen LogP contribution in [0.25, 0.3) is 10.9 Å². The lowest BCUT2D eigenvalue weighted by molar-refractivity contribution is -0.136. The molecule has 0 unspecified atom stereocenters. The highest BCUT2D eigenvalue weighted by molar-refractivity contribution is 6.01. The van der Waals surface area contributed by atoms with Crippen LogP contribution in [0.2, 0.25) is 0 Å². The second kappa shape index (κ2) is 8.81. The van der Waals surface area contributed by atoms with Crippen LogP contribution in [-0.2, 0) is 9.59 Å². The fourth-order valence-corrected chi connectivity index (χ4v) is 5.21. The number of aromatic nitrogens is 1. The van der Waals surface area contributed by atoms with Crippen molar-refractivity contribution in [3.8, 4) is 11.5 Å². The molecule has 2 amide bonds. The zero-order valence-electron chi connectivity index (χ0n) is 19.0. The van der Waals surface area contributed by atoms with Crippen LogP contribution in [0.1, 0.15) is 30.7 Å². The summed E-state index contributed by atoms with van der Waals surface area (Å²) in [5.74, 6) is 1.37. The molecule has 0 radical (unpaired) electrons. The van der Waals surface area contributed by atoms with Crippen LogP contribution in [0, 0.1) is 5.92 Å². The molecule has 0 spiro atoms. The minimum Gasteiger partial charge on any atom is -0.497 e. The quantitative estimate of drug-likeness (QED) is 0.643.